The van der Waals surface area contributed by atoms with Crippen LogP contribution in [0.15, 0.2) is 30.3 Å². The van der Waals surface area contributed by atoms with E-state index in [0.717, 1.165) is 29.8 Å². The van der Waals surface area contributed by atoms with Crippen molar-refractivity contribution in [3.8, 4) is 0 Å². The fourth-order valence-electron chi connectivity index (χ4n) is 2.68. The highest BCUT2D eigenvalue weighted by Gasteiger charge is 2.20. The molecule has 0 aliphatic rings. The van der Waals surface area contributed by atoms with E-state index in [1.165, 1.54) is 0 Å². The van der Waals surface area contributed by atoms with Gasteiger partial charge in [-0.1, -0.05) is 46.2 Å². The number of hydrogen-bond donors (Lipinski definition) is 0. The lowest BCUT2D eigenvalue weighted by molar-refractivity contribution is -0.117. The maximum Gasteiger partial charge on any atom is 0.338 e. The van der Waals surface area contributed by atoms with E-state index >= 15 is 0 Å². The molecule has 0 unspecified atom stereocenters. The van der Waals surface area contributed by atoms with Crippen molar-refractivity contribution in [2.24, 2.45) is 7.05 Å². The third-order valence-corrected chi connectivity index (χ3v) is 4.45. The molecule has 0 radical (unpaired) electrons. The van der Waals surface area contributed by atoms with Gasteiger partial charge in [-0.05, 0) is 30.2 Å². The van der Waals surface area contributed by atoms with Crippen LogP contribution in [-0.4, -0.2) is 28.1 Å². The molecule has 0 amide bonds. The van der Waals surface area contributed by atoms with Gasteiger partial charge in [-0.3, -0.25) is 9.48 Å². The minimum Gasteiger partial charge on any atom is -0.462 e. The monoisotopic (exact) mass is 370 g/mol. The first-order chi connectivity index (χ1) is 12.7. The molecule has 0 spiro atoms. The molecule has 0 atom stereocenters. The van der Waals surface area contributed by atoms with E-state index in [2.05, 4.69) is 32.8 Å². The minimum atomic E-state index is -0.314. The first-order valence-corrected chi connectivity index (χ1v) is 9.52. The number of ketones is 1. The van der Waals surface area contributed by atoms with Gasteiger partial charge in [0.1, 0.15) is 5.78 Å². The largest absolute Gasteiger partial charge is 0.462 e. The van der Waals surface area contributed by atoms with Crippen molar-refractivity contribution in [2.45, 2.75) is 58.8 Å². The van der Waals surface area contributed by atoms with Crippen LogP contribution in [0.4, 0.5) is 0 Å². The summed E-state index contributed by atoms with van der Waals surface area (Å²) in [6.45, 7) is 8.81. The Balaban J connectivity index is 1.94. The van der Waals surface area contributed by atoms with Crippen LogP contribution in [-0.2, 0) is 34.8 Å². The number of aromatic nitrogens is 2. The van der Waals surface area contributed by atoms with Crippen LogP contribution in [0.3, 0.4) is 0 Å². The van der Waals surface area contributed by atoms with E-state index in [1.54, 1.807) is 16.8 Å². The Hall–Kier alpha value is -2.43. The minimum absolute atomic E-state index is 0.0410. The van der Waals surface area contributed by atoms with Crippen LogP contribution < -0.4 is 0 Å². The van der Waals surface area contributed by atoms with Gasteiger partial charge in [0.15, 0.2) is 0 Å². The smallest absolute Gasteiger partial charge is 0.338 e. The highest BCUT2D eigenvalue weighted by molar-refractivity contribution is 5.89. The first-order valence-electron chi connectivity index (χ1n) is 9.52. The maximum absolute atomic E-state index is 12.5. The second-order valence-electron chi connectivity index (χ2n) is 7.97. The van der Waals surface area contributed by atoms with Crippen LogP contribution in [0, 0.1) is 0 Å². The molecule has 2 aromatic rings. The van der Waals surface area contributed by atoms with E-state index in [-0.39, 0.29) is 17.2 Å². The van der Waals surface area contributed by atoms with E-state index < -0.39 is 0 Å². The number of rotatable bonds is 8. The molecular formula is C22H30N2O3. The van der Waals surface area contributed by atoms with Crippen LogP contribution in [0.2, 0.25) is 0 Å². The number of unbranched alkanes of at least 4 members (excludes halogenated alkanes) is 1. The Kier molecular flexibility index (Phi) is 6.94. The number of carbonyl (C=O) groups is 2. The van der Waals surface area contributed by atoms with Gasteiger partial charge < -0.3 is 4.74 Å². The van der Waals surface area contributed by atoms with E-state index in [4.69, 9.17) is 4.74 Å². The third-order valence-electron chi connectivity index (χ3n) is 4.45. The molecule has 0 aliphatic heterocycles. The van der Waals surface area contributed by atoms with Gasteiger partial charge in [0.25, 0.3) is 0 Å². The van der Waals surface area contributed by atoms with Gasteiger partial charge in [0, 0.05) is 31.0 Å². The Morgan fingerprint density at radius 2 is 1.78 bits per heavy atom. The highest BCUT2D eigenvalue weighted by atomic mass is 16.5. The van der Waals surface area contributed by atoms with E-state index in [1.807, 2.05) is 25.2 Å². The standard InChI is InChI=1S/C22H30N2O3/c1-6-7-12-27-21(26)17-10-8-16(9-11-17)13-19(25)14-18-15-20(22(2,3)4)23-24(18)5/h8-11,15H,6-7,12-14H2,1-5H3. The zero-order valence-electron chi connectivity index (χ0n) is 17.0. The van der Waals surface area contributed by atoms with Crippen LogP contribution in [0.25, 0.3) is 0 Å². The van der Waals surface area contributed by atoms with Gasteiger partial charge in [-0.2, -0.15) is 5.10 Å². The third kappa shape index (κ3) is 6.05. The maximum atomic E-state index is 12.5. The predicted molar refractivity (Wildman–Crippen MR) is 106 cm³/mol. The second kappa shape index (κ2) is 8.98. The highest BCUT2D eigenvalue weighted by Crippen LogP contribution is 2.21. The SMILES string of the molecule is CCCCOC(=O)c1ccc(CC(=O)Cc2cc(C(C)(C)C)nn2C)cc1. The fraction of sp³-hybridized carbons (Fsp3) is 0.500. The quantitative estimate of drug-likeness (QED) is 0.520. The molecular weight excluding hydrogens is 340 g/mol. The molecule has 0 saturated carbocycles. The number of Topliss-reactive ketones (excluding diaryl/α,β-unsaturated/α-hetero) is 1. The summed E-state index contributed by atoms with van der Waals surface area (Å²) >= 11 is 0. The average Bonchev–Trinajstić information content (AvgIpc) is 2.96. The van der Waals surface area contributed by atoms with Crippen molar-refractivity contribution in [1.82, 2.24) is 9.78 Å². The van der Waals surface area contributed by atoms with Crippen molar-refractivity contribution in [3.63, 3.8) is 0 Å². The summed E-state index contributed by atoms with van der Waals surface area (Å²) in [5.41, 5.74) is 3.27. The van der Waals surface area contributed by atoms with Crippen molar-refractivity contribution < 1.29 is 14.3 Å². The molecule has 2 rings (SSSR count). The molecule has 146 valence electrons. The van der Waals surface area contributed by atoms with Gasteiger partial charge in [0.2, 0.25) is 0 Å². The van der Waals surface area contributed by atoms with Gasteiger partial charge >= 0.3 is 5.97 Å². The lowest BCUT2D eigenvalue weighted by Crippen LogP contribution is -2.12. The van der Waals surface area contributed by atoms with Crippen LogP contribution >= 0.6 is 0 Å². The van der Waals surface area contributed by atoms with E-state index in [0.29, 0.717) is 25.0 Å². The first kappa shape index (κ1) is 20.9. The molecule has 1 aromatic heterocycles. The Bertz CT molecular complexity index is 783. The number of benzene rings is 1. The summed E-state index contributed by atoms with van der Waals surface area (Å²) in [6, 6.07) is 9.08. The summed E-state index contributed by atoms with van der Waals surface area (Å²) < 4.78 is 6.98. The molecule has 0 fully saturated rings. The number of aryl methyl sites for hydroxylation is 1. The summed E-state index contributed by atoms with van der Waals surface area (Å²) in [4.78, 5) is 24.4. The molecule has 0 saturated heterocycles. The molecule has 5 heteroatoms. The Morgan fingerprint density at radius 3 is 2.33 bits per heavy atom. The summed E-state index contributed by atoms with van der Waals surface area (Å²) in [5.74, 6) is -0.192. The summed E-state index contributed by atoms with van der Waals surface area (Å²) in [6.07, 6.45) is 2.53. The molecule has 0 aliphatic carbocycles. The summed E-state index contributed by atoms with van der Waals surface area (Å²) in [7, 11) is 1.87. The summed E-state index contributed by atoms with van der Waals surface area (Å²) in [5, 5.41) is 4.52. The second-order valence-corrected chi connectivity index (χ2v) is 7.97. The van der Waals surface area contributed by atoms with Crippen LogP contribution in [0.1, 0.15) is 67.8 Å². The average molecular weight is 370 g/mol. The molecule has 27 heavy (non-hydrogen) atoms. The number of carbonyl (C=O) groups excluding carboxylic acids is 2. The predicted octanol–water partition coefficient (Wildman–Crippen LogP) is 4.03. The molecule has 1 heterocycles. The van der Waals surface area contributed by atoms with Crippen molar-refractivity contribution in [2.75, 3.05) is 6.61 Å². The lowest BCUT2D eigenvalue weighted by atomic mass is 9.92. The topological polar surface area (TPSA) is 61.2 Å². The molecule has 0 bridgehead atoms. The molecule has 5 nitrogen and oxygen atoms in total. The van der Waals surface area contributed by atoms with Crippen molar-refractivity contribution >= 4 is 11.8 Å². The fourth-order valence-corrected chi connectivity index (χ4v) is 2.68. The number of ether oxygens (including phenoxy) is 1. The zero-order valence-corrected chi connectivity index (χ0v) is 17.0. The van der Waals surface area contributed by atoms with Gasteiger partial charge in [-0.15, -0.1) is 0 Å². The Morgan fingerprint density at radius 1 is 1.11 bits per heavy atom. The van der Waals surface area contributed by atoms with Gasteiger partial charge in [0.05, 0.1) is 17.9 Å². The van der Waals surface area contributed by atoms with Crippen LogP contribution in [0.5, 0.6) is 0 Å². The number of nitrogens with zero attached hydrogens (tertiary/aromatic N) is 2. The lowest BCUT2D eigenvalue weighted by Gasteiger charge is -2.13. The van der Waals surface area contributed by atoms with Crippen molar-refractivity contribution in [1.29, 1.82) is 0 Å². The van der Waals surface area contributed by atoms with E-state index in [9.17, 15) is 9.59 Å². The molecule has 1 aromatic carbocycles. The molecule has 0 N–H and O–H groups in total. The zero-order chi connectivity index (χ0) is 20.0. The number of esters is 1. The Labute approximate surface area is 161 Å². The van der Waals surface area contributed by atoms with Crippen molar-refractivity contribution in [3.05, 3.63) is 52.8 Å². The number of hydrogen-bond acceptors (Lipinski definition) is 4. The normalized spacial score (nSPS) is 11.4. The van der Waals surface area contributed by atoms with Gasteiger partial charge in [-0.25, -0.2) is 4.79 Å².